The molecule has 2 atom stereocenters. The monoisotopic (exact) mass is 397 g/mol. The molecule has 2 aliphatic heterocycles. The third-order valence-electron chi connectivity index (χ3n) is 6.00. The van der Waals surface area contributed by atoms with Gasteiger partial charge in [-0.15, -0.1) is 0 Å². The van der Waals surface area contributed by atoms with Crippen molar-refractivity contribution in [1.82, 2.24) is 4.90 Å². The lowest BCUT2D eigenvalue weighted by Crippen LogP contribution is -2.33. The topological polar surface area (TPSA) is 51.2 Å². The third-order valence-corrected chi connectivity index (χ3v) is 6.00. The van der Waals surface area contributed by atoms with E-state index in [9.17, 15) is 5.11 Å². The van der Waals surface area contributed by atoms with Crippen LogP contribution in [0.4, 0.5) is 0 Å². The quantitative estimate of drug-likeness (QED) is 0.789. The van der Waals surface area contributed by atoms with E-state index in [2.05, 4.69) is 56.1 Å². The SMILES string of the molecule is COc1c2c(cc3c1[C@@H](C[C@@H](O)c1ccc(CC(C)C)cc1)N(C)CC3)OCO2. The third kappa shape index (κ3) is 3.94. The minimum Gasteiger partial charge on any atom is -0.492 e. The Morgan fingerprint density at radius 2 is 1.97 bits per heavy atom. The molecule has 0 aliphatic carbocycles. The number of aliphatic hydroxyl groups excluding tert-OH is 1. The second-order valence-electron chi connectivity index (χ2n) is 8.55. The van der Waals surface area contributed by atoms with Crippen molar-refractivity contribution in [3.8, 4) is 17.2 Å². The summed E-state index contributed by atoms with van der Waals surface area (Å²) < 4.78 is 17.0. The van der Waals surface area contributed by atoms with Crippen molar-refractivity contribution in [2.45, 2.75) is 45.3 Å². The molecule has 5 nitrogen and oxygen atoms in total. The molecule has 2 aromatic rings. The fourth-order valence-corrected chi connectivity index (χ4v) is 4.52. The number of rotatable bonds is 6. The van der Waals surface area contributed by atoms with Crippen molar-refractivity contribution in [1.29, 1.82) is 0 Å². The summed E-state index contributed by atoms with van der Waals surface area (Å²) in [5.41, 5.74) is 4.60. The number of fused-ring (bicyclic) bond motifs is 2. The van der Waals surface area contributed by atoms with Gasteiger partial charge in [0.2, 0.25) is 12.5 Å². The molecule has 29 heavy (non-hydrogen) atoms. The summed E-state index contributed by atoms with van der Waals surface area (Å²) in [5, 5.41) is 11.0. The van der Waals surface area contributed by atoms with Crippen molar-refractivity contribution in [2.75, 3.05) is 27.5 Å². The van der Waals surface area contributed by atoms with Crippen molar-refractivity contribution in [3.05, 3.63) is 52.6 Å². The molecule has 0 aromatic heterocycles. The minimum atomic E-state index is -0.545. The second-order valence-corrected chi connectivity index (χ2v) is 8.55. The minimum absolute atomic E-state index is 0.0496. The zero-order chi connectivity index (χ0) is 20.5. The lowest BCUT2D eigenvalue weighted by molar-refractivity contribution is 0.107. The number of hydrogen-bond acceptors (Lipinski definition) is 5. The van der Waals surface area contributed by atoms with Crippen molar-refractivity contribution in [2.24, 2.45) is 5.92 Å². The Kier molecular flexibility index (Phi) is 5.70. The highest BCUT2D eigenvalue weighted by molar-refractivity contribution is 5.61. The van der Waals surface area contributed by atoms with Crippen LogP contribution in [0.25, 0.3) is 0 Å². The fraction of sp³-hybridized carbons (Fsp3) is 0.500. The van der Waals surface area contributed by atoms with Crippen LogP contribution in [-0.2, 0) is 12.8 Å². The summed E-state index contributed by atoms with van der Waals surface area (Å²) in [6.45, 7) is 5.59. The summed E-state index contributed by atoms with van der Waals surface area (Å²) >= 11 is 0. The van der Waals surface area contributed by atoms with Crippen LogP contribution in [0, 0.1) is 5.92 Å². The van der Waals surface area contributed by atoms with Gasteiger partial charge in [-0.1, -0.05) is 38.1 Å². The Bertz CT molecular complexity index is 862. The Morgan fingerprint density at radius 1 is 1.21 bits per heavy atom. The average molecular weight is 398 g/mol. The number of nitrogens with zero attached hydrogens (tertiary/aromatic N) is 1. The summed E-state index contributed by atoms with van der Waals surface area (Å²) in [5.74, 6) is 2.80. The molecule has 2 aromatic carbocycles. The Hall–Kier alpha value is -2.24. The number of hydrogen-bond donors (Lipinski definition) is 1. The first kappa shape index (κ1) is 20.0. The fourth-order valence-electron chi connectivity index (χ4n) is 4.52. The van der Waals surface area contributed by atoms with Crippen molar-refractivity contribution >= 4 is 0 Å². The predicted octanol–water partition coefficient (Wildman–Crippen LogP) is 4.28. The highest BCUT2D eigenvalue weighted by Gasteiger charge is 2.35. The Labute approximate surface area is 173 Å². The van der Waals surface area contributed by atoms with Gasteiger partial charge >= 0.3 is 0 Å². The standard InChI is InChI=1S/C24H31NO4/c1-15(2)11-16-5-7-17(8-6-16)20(26)13-19-22-18(9-10-25(19)3)12-21-23(24(22)27-4)29-14-28-21/h5-8,12,15,19-20,26H,9-11,13-14H2,1-4H3/t19-,20-/m1/s1. The molecule has 0 fully saturated rings. The number of benzene rings is 2. The van der Waals surface area contributed by atoms with Gasteiger partial charge in [0.05, 0.1) is 13.2 Å². The lowest BCUT2D eigenvalue weighted by atomic mass is 9.87. The molecule has 156 valence electrons. The molecule has 0 spiro atoms. The molecule has 0 saturated heterocycles. The summed E-state index contributed by atoms with van der Waals surface area (Å²) in [4.78, 5) is 2.30. The maximum Gasteiger partial charge on any atom is 0.231 e. The number of methoxy groups -OCH3 is 1. The van der Waals surface area contributed by atoms with Gasteiger partial charge in [-0.25, -0.2) is 0 Å². The van der Waals surface area contributed by atoms with Gasteiger partial charge in [0.1, 0.15) is 0 Å². The van der Waals surface area contributed by atoms with Gasteiger partial charge in [0, 0.05) is 18.2 Å². The highest BCUT2D eigenvalue weighted by atomic mass is 16.7. The summed E-state index contributed by atoms with van der Waals surface area (Å²) in [6.07, 6.45) is 2.04. The van der Waals surface area contributed by atoms with Crippen LogP contribution < -0.4 is 14.2 Å². The zero-order valence-electron chi connectivity index (χ0n) is 17.8. The van der Waals surface area contributed by atoms with Gasteiger partial charge in [-0.3, -0.25) is 4.90 Å². The van der Waals surface area contributed by atoms with E-state index in [1.807, 2.05) is 0 Å². The smallest absolute Gasteiger partial charge is 0.231 e. The van der Waals surface area contributed by atoms with E-state index < -0.39 is 6.10 Å². The molecule has 0 bridgehead atoms. The highest BCUT2D eigenvalue weighted by Crippen LogP contribution is 2.50. The first-order chi connectivity index (χ1) is 14.0. The van der Waals surface area contributed by atoms with Crippen LogP contribution in [0.1, 0.15) is 54.7 Å². The largest absolute Gasteiger partial charge is 0.492 e. The molecule has 4 rings (SSSR count). The maximum atomic E-state index is 11.0. The van der Waals surface area contributed by atoms with Gasteiger partial charge in [0.15, 0.2) is 11.5 Å². The molecule has 2 aliphatic rings. The average Bonchev–Trinajstić information content (AvgIpc) is 3.16. The zero-order valence-corrected chi connectivity index (χ0v) is 17.8. The Balaban J connectivity index is 1.61. The molecule has 0 unspecified atom stereocenters. The molecule has 1 N–H and O–H groups in total. The van der Waals surface area contributed by atoms with E-state index in [4.69, 9.17) is 14.2 Å². The predicted molar refractivity (Wildman–Crippen MR) is 113 cm³/mol. The van der Waals surface area contributed by atoms with Gasteiger partial charge in [-0.2, -0.15) is 0 Å². The molecular formula is C24H31NO4. The van der Waals surface area contributed by atoms with E-state index in [-0.39, 0.29) is 12.8 Å². The second kappa shape index (κ2) is 8.25. The van der Waals surface area contributed by atoms with Crippen LogP contribution in [0.2, 0.25) is 0 Å². The van der Waals surface area contributed by atoms with Crippen LogP contribution in [0.3, 0.4) is 0 Å². The van der Waals surface area contributed by atoms with Gasteiger partial charge in [-0.05, 0) is 55.0 Å². The Morgan fingerprint density at radius 3 is 2.66 bits per heavy atom. The van der Waals surface area contributed by atoms with Gasteiger partial charge in [0.25, 0.3) is 0 Å². The molecule has 2 heterocycles. The van der Waals surface area contributed by atoms with Crippen LogP contribution in [0.5, 0.6) is 17.2 Å². The maximum absolute atomic E-state index is 11.0. The van der Waals surface area contributed by atoms with E-state index in [1.165, 1.54) is 11.1 Å². The molecular weight excluding hydrogens is 366 g/mol. The van der Waals surface area contributed by atoms with Crippen molar-refractivity contribution < 1.29 is 19.3 Å². The van der Waals surface area contributed by atoms with E-state index in [0.29, 0.717) is 18.1 Å². The van der Waals surface area contributed by atoms with E-state index >= 15 is 0 Å². The first-order valence-corrected chi connectivity index (χ1v) is 10.4. The molecule has 5 heteroatoms. The normalized spacial score (nSPS) is 19.3. The van der Waals surface area contributed by atoms with E-state index in [0.717, 1.165) is 42.0 Å². The molecule has 0 amide bonds. The summed E-state index contributed by atoms with van der Waals surface area (Å²) in [6, 6.07) is 10.5. The van der Waals surface area contributed by atoms with Crippen LogP contribution >= 0.6 is 0 Å². The number of likely N-dealkylation sites (N-methyl/N-ethyl adjacent to an activating group) is 1. The number of ether oxygens (including phenoxy) is 3. The van der Waals surface area contributed by atoms with Crippen molar-refractivity contribution in [3.63, 3.8) is 0 Å². The number of aliphatic hydroxyl groups is 1. The first-order valence-electron chi connectivity index (χ1n) is 10.4. The van der Waals surface area contributed by atoms with E-state index in [1.54, 1.807) is 7.11 Å². The van der Waals surface area contributed by atoms with Crippen LogP contribution in [-0.4, -0.2) is 37.5 Å². The van der Waals surface area contributed by atoms with Gasteiger partial charge < -0.3 is 19.3 Å². The lowest BCUT2D eigenvalue weighted by Gasteiger charge is -2.37. The molecule has 0 saturated carbocycles. The summed E-state index contributed by atoms with van der Waals surface area (Å²) in [7, 11) is 3.78. The molecule has 0 radical (unpaired) electrons. The van der Waals surface area contributed by atoms with Crippen LogP contribution in [0.15, 0.2) is 30.3 Å².